The van der Waals surface area contributed by atoms with Gasteiger partial charge in [-0.15, -0.1) is 0 Å². The molecule has 1 aliphatic heterocycles. The van der Waals surface area contributed by atoms with Crippen LogP contribution in [0.4, 0.5) is 5.95 Å². The average Bonchev–Trinajstić information content (AvgIpc) is 3.19. The number of benzene rings is 2. The lowest BCUT2D eigenvalue weighted by molar-refractivity contribution is 0.153. The number of halogens is 2. The predicted molar refractivity (Wildman–Crippen MR) is 151 cm³/mol. The van der Waals surface area contributed by atoms with Crippen molar-refractivity contribution in [2.24, 2.45) is 11.8 Å². The first kappa shape index (κ1) is 25.0. The third-order valence-corrected chi connectivity index (χ3v) is 10.0. The van der Waals surface area contributed by atoms with Crippen molar-refractivity contribution in [3.8, 4) is 6.07 Å². The number of hydrogen-bond acceptors (Lipinski definition) is 5. The van der Waals surface area contributed by atoms with Gasteiger partial charge in [0.15, 0.2) is 0 Å². The summed E-state index contributed by atoms with van der Waals surface area (Å²) < 4.78 is 0. The van der Waals surface area contributed by atoms with Crippen LogP contribution in [0.3, 0.4) is 0 Å². The van der Waals surface area contributed by atoms with Crippen LogP contribution in [0.1, 0.15) is 37.3 Å². The lowest BCUT2D eigenvalue weighted by Crippen LogP contribution is -2.45. The van der Waals surface area contributed by atoms with E-state index >= 15 is 0 Å². The molecule has 6 nitrogen and oxygen atoms in total. The summed E-state index contributed by atoms with van der Waals surface area (Å²) in [5.41, 5.74) is 4.09. The fraction of sp³-hybridized carbons (Fsp3) is 0.517. The zero-order valence-electron chi connectivity index (χ0n) is 21.6. The van der Waals surface area contributed by atoms with Crippen molar-refractivity contribution in [1.29, 1.82) is 5.26 Å². The van der Waals surface area contributed by atoms with E-state index in [0.29, 0.717) is 27.9 Å². The van der Waals surface area contributed by atoms with Crippen LogP contribution in [-0.4, -0.2) is 72.1 Å². The van der Waals surface area contributed by atoms with Crippen molar-refractivity contribution in [1.82, 2.24) is 19.8 Å². The van der Waals surface area contributed by atoms with E-state index < -0.39 is 0 Å². The molecular weight excluding hydrogens is 503 g/mol. The first-order chi connectivity index (χ1) is 17.9. The molecule has 0 bridgehead atoms. The standard InChI is InChI=1S/C29H34Cl2N6/c1-19-27-26(8-9-29(19,27)21-6-4-20(18-32)5-7-21)37(11-3-10-36-14-12-35(2)13-15-36)28-33-24-16-22(30)23(31)17-25(24)34-28/h4-7,16-17,19,26-27H,3,8-15H2,1-2H3,(H,33,34)/t19-,26-,27+,29?/m1/s1. The van der Waals surface area contributed by atoms with E-state index in [4.69, 9.17) is 28.2 Å². The normalized spacial score (nSPS) is 27.8. The molecule has 1 saturated heterocycles. The fourth-order valence-electron chi connectivity index (χ4n) is 7.20. The number of H-pyrrole nitrogens is 1. The van der Waals surface area contributed by atoms with Crippen molar-refractivity contribution in [2.45, 2.75) is 37.6 Å². The van der Waals surface area contributed by atoms with Gasteiger partial charge in [0, 0.05) is 44.2 Å². The monoisotopic (exact) mass is 536 g/mol. The predicted octanol–water partition coefficient (Wildman–Crippen LogP) is 5.55. The third-order valence-electron chi connectivity index (χ3n) is 9.31. The van der Waals surface area contributed by atoms with Crippen molar-refractivity contribution < 1.29 is 0 Å². The van der Waals surface area contributed by atoms with Gasteiger partial charge in [0.25, 0.3) is 0 Å². The van der Waals surface area contributed by atoms with Crippen molar-refractivity contribution >= 4 is 40.2 Å². The molecule has 0 spiro atoms. The molecule has 1 N–H and O–H groups in total. The Labute approximate surface area is 229 Å². The van der Waals surface area contributed by atoms with Gasteiger partial charge in [0.05, 0.1) is 32.7 Å². The maximum atomic E-state index is 9.26. The molecule has 37 heavy (non-hydrogen) atoms. The first-order valence-electron chi connectivity index (χ1n) is 13.4. The number of aromatic amines is 1. The van der Waals surface area contributed by atoms with E-state index in [1.807, 2.05) is 24.3 Å². The highest BCUT2D eigenvalue weighted by atomic mass is 35.5. The van der Waals surface area contributed by atoms with E-state index in [1.54, 1.807) is 0 Å². The number of aromatic nitrogens is 2. The van der Waals surface area contributed by atoms with Gasteiger partial charge in [-0.2, -0.15) is 5.26 Å². The summed E-state index contributed by atoms with van der Waals surface area (Å²) in [4.78, 5) is 16.1. The maximum absolute atomic E-state index is 9.26. The number of fused-ring (bicyclic) bond motifs is 2. The number of hydrogen-bond donors (Lipinski definition) is 1. The molecule has 1 unspecified atom stereocenters. The van der Waals surface area contributed by atoms with Gasteiger partial charge < -0.3 is 19.7 Å². The Morgan fingerprint density at radius 3 is 2.57 bits per heavy atom. The quantitative estimate of drug-likeness (QED) is 0.428. The van der Waals surface area contributed by atoms with Crippen LogP contribution in [0.5, 0.6) is 0 Å². The highest BCUT2D eigenvalue weighted by Gasteiger charge is 2.69. The Hall–Kier alpha value is -2.30. The van der Waals surface area contributed by atoms with Crippen LogP contribution >= 0.6 is 23.2 Å². The zero-order chi connectivity index (χ0) is 25.7. The molecule has 2 heterocycles. The van der Waals surface area contributed by atoms with Gasteiger partial charge in [0.2, 0.25) is 5.95 Å². The zero-order valence-corrected chi connectivity index (χ0v) is 23.1. The van der Waals surface area contributed by atoms with Gasteiger partial charge in [-0.1, -0.05) is 42.3 Å². The lowest BCUT2D eigenvalue weighted by Gasteiger charge is -2.34. The molecule has 1 aromatic heterocycles. The van der Waals surface area contributed by atoms with Gasteiger partial charge in [-0.25, -0.2) is 4.98 Å². The summed E-state index contributed by atoms with van der Waals surface area (Å²) >= 11 is 12.6. The van der Waals surface area contributed by atoms with Crippen LogP contribution in [0.25, 0.3) is 11.0 Å². The number of anilines is 1. The summed E-state index contributed by atoms with van der Waals surface area (Å²) in [6, 6.07) is 14.7. The van der Waals surface area contributed by atoms with Gasteiger partial charge in [0.1, 0.15) is 0 Å². The Kier molecular flexibility index (Phi) is 6.61. The molecule has 2 aliphatic carbocycles. The van der Waals surface area contributed by atoms with E-state index in [2.05, 4.69) is 51.9 Å². The topological polar surface area (TPSA) is 62.2 Å². The van der Waals surface area contributed by atoms with E-state index in [9.17, 15) is 5.26 Å². The van der Waals surface area contributed by atoms with E-state index in [0.717, 1.165) is 74.7 Å². The summed E-state index contributed by atoms with van der Waals surface area (Å²) in [5, 5.41) is 10.3. The number of nitriles is 1. The smallest absolute Gasteiger partial charge is 0.204 e. The highest BCUT2D eigenvalue weighted by molar-refractivity contribution is 6.42. The molecule has 0 amide bonds. The van der Waals surface area contributed by atoms with E-state index in [1.165, 1.54) is 12.0 Å². The minimum atomic E-state index is 0.201. The Morgan fingerprint density at radius 2 is 1.86 bits per heavy atom. The number of nitrogens with zero attached hydrogens (tertiary/aromatic N) is 5. The Balaban J connectivity index is 1.26. The van der Waals surface area contributed by atoms with E-state index in [-0.39, 0.29) is 5.41 Å². The molecule has 3 aliphatic rings. The molecule has 0 radical (unpaired) electrons. The second-order valence-electron chi connectivity index (χ2n) is 11.2. The SMILES string of the molecule is C[C@@H]1[C@H]2[C@H](N(CCCN3CCN(C)CC3)c3nc4cc(Cl)c(Cl)cc4[nH]3)CCC21c1ccc(C#N)cc1. The Morgan fingerprint density at radius 1 is 1.14 bits per heavy atom. The molecule has 3 aromatic rings. The number of piperazine rings is 1. The first-order valence-corrected chi connectivity index (χ1v) is 14.2. The van der Waals surface area contributed by atoms with Crippen LogP contribution in [-0.2, 0) is 5.41 Å². The molecule has 6 rings (SSSR count). The van der Waals surface area contributed by atoms with Crippen molar-refractivity contribution in [3.05, 3.63) is 57.6 Å². The summed E-state index contributed by atoms with van der Waals surface area (Å²) in [6.45, 7) is 9.04. The molecule has 2 aromatic carbocycles. The van der Waals surface area contributed by atoms with Crippen molar-refractivity contribution in [2.75, 3.05) is 51.2 Å². The summed E-state index contributed by atoms with van der Waals surface area (Å²) in [7, 11) is 2.20. The largest absolute Gasteiger partial charge is 0.339 e. The van der Waals surface area contributed by atoms with Gasteiger partial charge in [-0.3, -0.25) is 0 Å². The average molecular weight is 538 g/mol. The second kappa shape index (κ2) is 9.78. The minimum absolute atomic E-state index is 0.201. The van der Waals surface area contributed by atoms with Gasteiger partial charge >= 0.3 is 0 Å². The molecular formula is C29H34Cl2N6. The molecule has 2 saturated carbocycles. The highest BCUT2D eigenvalue weighted by Crippen LogP contribution is 2.69. The van der Waals surface area contributed by atoms with Gasteiger partial charge in [-0.05, 0) is 74.5 Å². The number of rotatable bonds is 7. The minimum Gasteiger partial charge on any atom is -0.339 e. The Bertz CT molecular complexity index is 1280. The van der Waals surface area contributed by atoms with Crippen molar-refractivity contribution in [3.63, 3.8) is 0 Å². The fourth-order valence-corrected chi connectivity index (χ4v) is 7.52. The lowest BCUT2D eigenvalue weighted by atomic mass is 9.90. The maximum Gasteiger partial charge on any atom is 0.204 e. The number of imidazole rings is 1. The summed E-state index contributed by atoms with van der Waals surface area (Å²) in [5.74, 6) is 2.10. The van der Waals surface area contributed by atoms with Crippen LogP contribution in [0.15, 0.2) is 36.4 Å². The summed E-state index contributed by atoms with van der Waals surface area (Å²) in [6.07, 6.45) is 3.41. The van der Waals surface area contributed by atoms with Crippen LogP contribution in [0, 0.1) is 23.2 Å². The van der Waals surface area contributed by atoms with Crippen LogP contribution in [0.2, 0.25) is 10.0 Å². The van der Waals surface area contributed by atoms with Crippen LogP contribution < -0.4 is 4.90 Å². The second-order valence-corrected chi connectivity index (χ2v) is 12.0. The molecule has 4 atom stereocenters. The molecule has 3 fully saturated rings. The number of likely N-dealkylation sites (N-methyl/N-ethyl adjacent to an activating group) is 1. The third kappa shape index (κ3) is 4.40. The number of nitrogens with one attached hydrogen (secondary N) is 1. The molecule has 194 valence electrons. The molecule has 8 heteroatoms.